The van der Waals surface area contributed by atoms with Crippen molar-refractivity contribution in [3.8, 4) is 0 Å². The molecule has 1 unspecified atom stereocenters. The van der Waals surface area contributed by atoms with Crippen molar-refractivity contribution in [3.63, 3.8) is 0 Å². The fourth-order valence-corrected chi connectivity index (χ4v) is 2.70. The van der Waals surface area contributed by atoms with Crippen molar-refractivity contribution < 1.29 is 33.3 Å². The van der Waals surface area contributed by atoms with E-state index in [9.17, 15) is 14.4 Å². The Bertz CT molecular complexity index is 432. The molecule has 5 atom stereocenters. The maximum absolute atomic E-state index is 11.4. The van der Waals surface area contributed by atoms with Gasteiger partial charge in [0.05, 0.1) is 6.10 Å². The van der Waals surface area contributed by atoms with Gasteiger partial charge in [0.15, 0.2) is 0 Å². The average Bonchev–Trinajstić information content (AvgIpc) is 2.35. The number of hydrogen-bond donors (Lipinski definition) is 0. The molecule has 1 aliphatic heterocycles. The zero-order valence-corrected chi connectivity index (χ0v) is 13.8. The Morgan fingerprint density at radius 3 is 1.73 bits per heavy atom. The molecular formula is C15H24O7. The average molecular weight is 316 g/mol. The smallest absolute Gasteiger partial charge is 0.305 e. The molecule has 0 N–H and O–H groups in total. The minimum atomic E-state index is -1.10. The van der Waals surface area contributed by atoms with Gasteiger partial charge < -0.3 is 18.9 Å². The Hall–Kier alpha value is -1.63. The third kappa shape index (κ3) is 4.69. The van der Waals surface area contributed by atoms with Crippen LogP contribution < -0.4 is 0 Å². The molecule has 0 aromatic carbocycles. The molecular weight excluding hydrogens is 292 g/mol. The van der Waals surface area contributed by atoms with Gasteiger partial charge in [-0.15, -0.1) is 0 Å². The zero-order chi connectivity index (χ0) is 17.0. The second-order valence-electron chi connectivity index (χ2n) is 5.83. The monoisotopic (exact) mass is 316 g/mol. The van der Waals surface area contributed by atoms with Gasteiger partial charge in [-0.25, -0.2) is 0 Å². The molecule has 0 amide bonds. The van der Waals surface area contributed by atoms with Gasteiger partial charge in [0, 0.05) is 26.7 Å². The van der Waals surface area contributed by atoms with E-state index in [4.69, 9.17) is 18.9 Å². The van der Waals surface area contributed by atoms with Gasteiger partial charge in [-0.3, -0.25) is 14.4 Å². The van der Waals surface area contributed by atoms with Gasteiger partial charge in [0.25, 0.3) is 0 Å². The summed E-state index contributed by atoms with van der Waals surface area (Å²) in [5, 5.41) is 0. The van der Waals surface area contributed by atoms with E-state index in [0.29, 0.717) is 0 Å². The van der Waals surface area contributed by atoms with Gasteiger partial charge in [-0.1, -0.05) is 20.8 Å². The molecule has 0 radical (unpaired) electrons. The van der Waals surface area contributed by atoms with Gasteiger partial charge in [0.2, 0.25) is 12.4 Å². The molecule has 1 rings (SSSR count). The zero-order valence-electron chi connectivity index (χ0n) is 13.8. The molecule has 22 heavy (non-hydrogen) atoms. The summed E-state index contributed by atoms with van der Waals surface area (Å²) < 4.78 is 21.4. The number of esters is 3. The van der Waals surface area contributed by atoms with E-state index in [-0.39, 0.29) is 17.9 Å². The molecule has 0 bridgehead atoms. The van der Waals surface area contributed by atoms with Gasteiger partial charge in [0.1, 0.15) is 6.10 Å². The van der Waals surface area contributed by atoms with Crippen LogP contribution in [-0.2, 0) is 33.3 Å². The molecule has 7 nitrogen and oxygen atoms in total. The Morgan fingerprint density at radius 2 is 1.32 bits per heavy atom. The first kappa shape index (κ1) is 18.4. The first-order valence-electron chi connectivity index (χ1n) is 7.30. The Labute approximate surface area is 130 Å². The predicted octanol–water partition coefficient (Wildman–Crippen LogP) is 1.43. The van der Waals surface area contributed by atoms with E-state index in [2.05, 4.69) is 0 Å². The fraction of sp³-hybridized carbons (Fsp3) is 0.800. The quantitative estimate of drug-likeness (QED) is 0.572. The predicted molar refractivity (Wildman–Crippen MR) is 75.5 cm³/mol. The highest BCUT2D eigenvalue weighted by atomic mass is 16.7. The van der Waals surface area contributed by atoms with Gasteiger partial charge >= 0.3 is 17.9 Å². The molecule has 0 spiro atoms. The highest BCUT2D eigenvalue weighted by Gasteiger charge is 2.50. The summed E-state index contributed by atoms with van der Waals surface area (Å²) in [6, 6.07) is 0. The lowest BCUT2D eigenvalue weighted by Gasteiger charge is -2.44. The molecule has 0 aromatic heterocycles. The van der Waals surface area contributed by atoms with E-state index < -0.39 is 36.4 Å². The standard InChI is InChI=1S/C15H24O7/c1-7(2)12-8(3)13(19-9(4)16)14(20-10(5)17)15(22-12)21-11(6)18/h7-8,12-15H,1-6H3/t8-,12-,13+,14+,15?/m1/s1. The maximum Gasteiger partial charge on any atom is 0.305 e. The molecule has 1 aliphatic rings. The van der Waals surface area contributed by atoms with Gasteiger partial charge in [-0.05, 0) is 5.92 Å². The largest absolute Gasteiger partial charge is 0.458 e. The highest BCUT2D eigenvalue weighted by Crippen LogP contribution is 2.34. The summed E-state index contributed by atoms with van der Waals surface area (Å²) in [5.41, 5.74) is 0. The Morgan fingerprint density at radius 1 is 0.864 bits per heavy atom. The van der Waals surface area contributed by atoms with E-state index in [0.717, 1.165) is 0 Å². The summed E-state index contributed by atoms with van der Waals surface area (Å²) in [4.78, 5) is 34.0. The second kappa shape index (κ2) is 7.58. The lowest BCUT2D eigenvalue weighted by Crippen LogP contribution is -2.58. The minimum Gasteiger partial charge on any atom is -0.458 e. The molecule has 0 saturated carbocycles. The van der Waals surface area contributed by atoms with E-state index in [1.54, 1.807) is 0 Å². The molecule has 0 aromatic rings. The molecule has 1 fully saturated rings. The van der Waals surface area contributed by atoms with Crippen LogP contribution in [-0.4, -0.2) is 42.5 Å². The van der Waals surface area contributed by atoms with Crippen molar-refractivity contribution in [1.29, 1.82) is 0 Å². The topological polar surface area (TPSA) is 88.1 Å². The van der Waals surface area contributed by atoms with Crippen LogP contribution in [0.1, 0.15) is 41.5 Å². The minimum absolute atomic E-state index is 0.101. The van der Waals surface area contributed by atoms with Crippen LogP contribution in [0.5, 0.6) is 0 Å². The van der Waals surface area contributed by atoms with Crippen molar-refractivity contribution in [1.82, 2.24) is 0 Å². The SMILES string of the molecule is CC(=O)OC1O[C@H](C(C)C)[C@@H](C)[C@H](OC(C)=O)[C@@H]1OC(C)=O. The molecule has 1 saturated heterocycles. The first-order chi connectivity index (χ1) is 10.1. The Kier molecular flexibility index (Phi) is 6.34. The summed E-state index contributed by atoms with van der Waals surface area (Å²) >= 11 is 0. The van der Waals surface area contributed by atoms with Crippen LogP contribution in [0.2, 0.25) is 0 Å². The molecule has 7 heteroatoms. The van der Waals surface area contributed by atoms with E-state index in [1.807, 2.05) is 20.8 Å². The van der Waals surface area contributed by atoms with E-state index in [1.165, 1.54) is 20.8 Å². The highest BCUT2D eigenvalue weighted by molar-refractivity contribution is 5.68. The lowest BCUT2D eigenvalue weighted by molar-refractivity contribution is -0.287. The number of carbonyl (C=O) groups excluding carboxylic acids is 3. The third-order valence-corrected chi connectivity index (χ3v) is 3.46. The van der Waals surface area contributed by atoms with Crippen molar-refractivity contribution in [2.75, 3.05) is 0 Å². The summed E-state index contributed by atoms with van der Waals surface area (Å²) in [7, 11) is 0. The number of rotatable bonds is 4. The summed E-state index contributed by atoms with van der Waals surface area (Å²) in [5.74, 6) is -1.76. The van der Waals surface area contributed by atoms with Crippen LogP contribution in [0.3, 0.4) is 0 Å². The number of hydrogen-bond acceptors (Lipinski definition) is 7. The van der Waals surface area contributed by atoms with Crippen molar-refractivity contribution >= 4 is 17.9 Å². The summed E-state index contributed by atoms with van der Waals surface area (Å²) in [6.07, 6.45) is -3.14. The Balaban J connectivity index is 3.12. The van der Waals surface area contributed by atoms with Crippen molar-refractivity contribution in [2.45, 2.75) is 66.1 Å². The van der Waals surface area contributed by atoms with Crippen LogP contribution in [0.4, 0.5) is 0 Å². The number of ether oxygens (including phenoxy) is 4. The van der Waals surface area contributed by atoms with E-state index >= 15 is 0 Å². The van der Waals surface area contributed by atoms with Crippen LogP contribution in [0, 0.1) is 11.8 Å². The van der Waals surface area contributed by atoms with Crippen LogP contribution in [0.15, 0.2) is 0 Å². The van der Waals surface area contributed by atoms with Gasteiger partial charge in [-0.2, -0.15) is 0 Å². The molecule has 1 heterocycles. The van der Waals surface area contributed by atoms with Crippen molar-refractivity contribution in [3.05, 3.63) is 0 Å². The normalized spacial score (nSPS) is 31.5. The fourth-order valence-electron chi connectivity index (χ4n) is 2.70. The number of carbonyl (C=O) groups is 3. The first-order valence-corrected chi connectivity index (χ1v) is 7.30. The molecule has 0 aliphatic carbocycles. The summed E-state index contributed by atoms with van der Waals surface area (Å²) in [6.45, 7) is 9.48. The van der Waals surface area contributed by atoms with Crippen molar-refractivity contribution in [2.24, 2.45) is 11.8 Å². The third-order valence-electron chi connectivity index (χ3n) is 3.46. The second-order valence-corrected chi connectivity index (χ2v) is 5.83. The van der Waals surface area contributed by atoms with Crippen LogP contribution in [0.25, 0.3) is 0 Å². The maximum atomic E-state index is 11.4. The molecule has 126 valence electrons. The lowest BCUT2D eigenvalue weighted by atomic mass is 9.84. The van der Waals surface area contributed by atoms with Crippen LogP contribution >= 0.6 is 0 Å².